The van der Waals surface area contributed by atoms with Gasteiger partial charge in [-0.15, -0.1) is 0 Å². The number of anilines is 3. The SMILES string of the molecule is NCCc1cccc(C(=O)Nc2ccc(Nc3cc(-c4cccc5c4oc4ccccc45)ncn3)cc2)c1.O=C(O)C(F)(F)F. The summed E-state index contributed by atoms with van der Waals surface area (Å²) in [6.45, 7) is 0.545. The number of benzene rings is 4. The summed E-state index contributed by atoms with van der Waals surface area (Å²) in [5.74, 6) is -2.27. The molecule has 6 aromatic rings. The van der Waals surface area contributed by atoms with Gasteiger partial charge in [-0.25, -0.2) is 14.8 Å². The minimum absolute atomic E-state index is 0.162. The van der Waals surface area contributed by atoms with Crippen molar-refractivity contribution < 1.29 is 32.3 Å². The third-order valence-corrected chi connectivity index (χ3v) is 6.63. The summed E-state index contributed by atoms with van der Waals surface area (Å²) in [6.07, 6.45) is -2.81. The molecular formula is C33H26F3N5O4. The summed E-state index contributed by atoms with van der Waals surface area (Å²) in [6, 6.07) is 31.0. The molecule has 1 amide bonds. The van der Waals surface area contributed by atoms with Crippen LogP contribution in [0.3, 0.4) is 0 Å². The van der Waals surface area contributed by atoms with Gasteiger partial charge in [-0.2, -0.15) is 13.2 Å². The molecule has 0 saturated carbocycles. The molecule has 0 saturated heterocycles. The zero-order valence-corrected chi connectivity index (χ0v) is 23.5. The molecule has 6 rings (SSSR count). The van der Waals surface area contributed by atoms with Gasteiger partial charge in [0.1, 0.15) is 23.3 Å². The molecule has 45 heavy (non-hydrogen) atoms. The Morgan fingerprint density at radius 2 is 1.53 bits per heavy atom. The first-order chi connectivity index (χ1) is 21.6. The Morgan fingerprint density at radius 1 is 0.844 bits per heavy atom. The van der Waals surface area contributed by atoms with Crippen LogP contribution in [0.2, 0.25) is 0 Å². The molecule has 2 heterocycles. The average molecular weight is 614 g/mol. The molecule has 0 spiro atoms. The molecule has 0 fully saturated rings. The van der Waals surface area contributed by atoms with Gasteiger partial charge in [0.2, 0.25) is 0 Å². The monoisotopic (exact) mass is 613 g/mol. The highest BCUT2D eigenvalue weighted by atomic mass is 19.4. The van der Waals surface area contributed by atoms with E-state index in [-0.39, 0.29) is 5.91 Å². The largest absolute Gasteiger partial charge is 0.490 e. The van der Waals surface area contributed by atoms with Crippen LogP contribution >= 0.6 is 0 Å². The lowest BCUT2D eigenvalue weighted by atomic mass is 10.1. The van der Waals surface area contributed by atoms with Crippen molar-refractivity contribution in [1.29, 1.82) is 0 Å². The molecule has 0 atom stereocenters. The van der Waals surface area contributed by atoms with E-state index in [0.717, 1.165) is 50.9 Å². The number of carboxylic acids is 1. The topological polar surface area (TPSA) is 143 Å². The molecule has 0 unspecified atom stereocenters. The van der Waals surface area contributed by atoms with Crippen LogP contribution in [0.15, 0.2) is 108 Å². The molecule has 0 aliphatic rings. The molecule has 5 N–H and O–H groups in total. The van der Waals surface area contributed by atoms with E-state index in [9.17, 15) is 18.0 Å². The minimum atomic E-state index is -5.08. The molecule has 0 aliphatic carbocycles. The number of carbonyl (C=O) groups excluding carboxylic acids is 1. The second-order valence-electron chi connectivity index (χ2n) is 9.77. The molecule has 9 nitrogen and oxygen atoms in total. The number of rotatable bonds is 7. The zero-order valence-electron chi connectivity index (χ0n) is 23.5. The van der Waals surface area contributed by atoms with Crippen molar-refractivity contribution in [2.45, 2.75) is 12.6 Å². The van der Waals surface area contributed by atoms with E-state index < -0.39 is 12.1 Å². The molecule has 4 aromatic carbocycles. The Morgan fingerprint density at radius 3 is 2.27 bits per heavy atom. The number of amides is 1. The van der Waals surface area contributed by atoms with Gasteiger partial charge in [-0.3, -0.25) is 4.79 Å². The molecule has 0 bridgehead atoms. The van der Waals surface area contributed by atoms with E-state index in [4.69, 9.17) is 20.1 Å². The van der Waals surface area contributed by atoms with Crippen LogP contribution in [0, 0.1) is 0 Å². The van der Waals surface area contributed by atoms with Crippen LogP contribution in [0.25, 0.3) is 33.2 Å². The lowest BCUT2D eigenvalue weighted by molar-refractivity contribution is -0.192. The maximum Gasteiger partial charge on any atom is 0.490 e. The maximum atomic E-state index is 12.7. The van der Waals surface area contributed by atoms with Crippen molar-refractivity contribution in [2.24, 2.45) is 5.73 Å². The highest BCUT2D eigenvalue weighted by Crippen LogP contribution is 2.35. The van der Waals surface area contributed by atoms with Gasteiger partial charge in [-0.1, -0.05) is 42.5 Å². The van der Waals surface area contributed by atoms with Gasteiger partial charge >= 0.3 is 12.1 Å². The predicted molar refractivity (Wildman–Crippen MR) is 165 cm³/mol. The lowest BCUT2D eigenvalue weighted by Crippen LogP contribution is -2.21. The number of hydrogen-bond acceptors (Lipinski definition) is 7. The highest BCUT2D eigenvalue weighted by molar-refractivity contribution is 6.09. The smallest absolute Gasteiger partial charge is 0.475 e. The number of halogens is 3. The van der Waals surface area contributed by atoms with Crippen LogP contribution in [0.5, 0.6) is 0 Å². The van der Waals surface area contributed by atoms with Crippen LogP contribution < -0.4 is 16.4 Å². The molecule has 0 radical (unpaired) electrons. The van der Waals surface area contributed by atoms with Gasteiger partial charge < -0.3 is 25.9 Å². The maximum absolute atomic E-state index is 12.7. The van der Waals surface area contributed by atoms with E-state index in [1.165, 1.54) is 6.33 Å². The highest BCUT2D eigenvalue weighted by Gasteiger charge is 2.38. The number of aliphatic carboxylic acids is 1. The summed E-state index contributed by atoms with van der Waals surface area (Å²) in [5.41, 5.74) is 12.1. The van der Waals surface area contributed by atoms with Gasteiger partial charge in [0, 0.05) is 39.3 Å². The number of nitrogens with zero attached hydrogens (tertiary/aromatic N) is 2. The summed E-state index contributed by atoms with van der Waals surface area (Å²) < 4.78 is 37.9. The van der Waals surface area contributed by atoms with Crippen molar-refractivity contribution in [3.05, 3.63) is 115 Å². The first-order valence-electron chi connectivity index (χ1n) is 13.6. The Hall–Kier alpha value is -5.75. The van der Waals surface area contributed by atoms with Crippen molar-refractivity contribution in [3.8, 4) is 11.3 Å². The summed E-state index contributed by atoms with van der Waals surface area (Å²) in [5, 5.41) is 15.5. The number of furan rings is 1. The van der Waals surface area contributed by atoms with Gasteiger partial charge in [0.05, 0.1) is 5.69 Å². The Balaban J connectivity index is 0.000000515. The van der Waals surface area contributed by atoms with Crippen molar-refractivity contribution in [2.75, 3.05) is 17.2 Å². The Bertz CT molecular complexity index is 1970. The third-order valence-electron chi connectivity index (χ3n) is 6.63. The number of nitrogens with two attached hydrogens (primary N) is 1. The van der Waals surface area contributed by atoms with E-state index in [1.807, 2.05) is 78.9 Å². The van der Waals surface area contributed by atoms with E-state index in [1.54, 1.807) is 6.07 Å². The summed E-state index contributed by atoms with van der Waals surface area (Å²) >= 11 is 0. The van der Waals surface area contributed by atoms with E-state index >= 15 is 0 Å². The van der Waals surface area contributed by atoms with E-state index in [2.05, 4.69) is 32.7 Å². The molecule has 12 heteroatoms. The average Bonchev–Trinajstić information content (AvgIpc) is 3.41. The van der Waals surface area contributed by atoms with Gasteiger partial charge in [0.15, 0.2) is 0 Å². The third kappa shape index (κ3) is 7.43. The molecule has 228 valence electrons. The first-order valence-corrected chi connectivity index (χ1v) is 13.6. The number of alkyl halides is 3. The molecule has 0 aliphatic heterocycles. The Kier molecular flexibility index (Phi) is 9.05. The standard InChI is InChI=1S/C31H25N5O2.C2HF3O2/c32-16-15-20-5-3-6-21(17-20)31(37)36-23-13-11-22(12-14-23)35-29-18-27(33-19-34-29)26-9-4-8-25-24-7-1-2-10-28(24)38-30(25)26;3-2(4,5)1(6)7/h1-14,17-19H,15-16,32H2,(H,36,37)(H,33,34,35);(H,6,7). The van der Waals surface area contributed by atoms with Crippen LogP contribution in [-0.2, 0) is 11.2 Å². The first kappa shape index (κ1) is 30.7. The number of fused-ring (bicyclic) bond motifs is 3. The number of hydrogen-bond donors (Lipinski definition) is 4. The lowest BCUT2D eigenvalue weighted by Gasteiger charge is -2.10. The van der Waals surface area contributed by atoms with Crippen molar-refractivity contribution >= 4 is 51.0 Å². The molecule has 2 aromatic heterocycles. The molecular weight excluding hydrogens is 587 g/mol. The van der Waals surface area contributed by atoms with Crippen molar-refractivity contribution in [3.63, 3.8) is 0 Å². The normalized spacial score (nSPS) is 11.1. The van der Waals surface area contributed by atoms with Crippen molar-refractivity contribution in [1.82, 2.24) is 9.97 Å². The number of aromatic nitrogens is 2. The predicted octanol–water partition coefficient (Wildman–Crippen LogP) is 7.17. The fourth-order valence-electron chi connectivity index (χ4n) is 4.54. The van der Waals surface area contributed by atoms with Crippen LogP contribution in [0.1, 0.15) is 15.9 Å². The second kappa shape index (κ2) is 13.3. The van der Waals surface area contributed by atoms with Gasteiger partial charge in [-0.05, 0) is 67.1 Å². The fourth-order valence-corrected chi connectivity index (χ4v) is 4.54. The minimum Gasteiger partial charge on any atom is -0.475 e. The van der Waals surface area contributed by atoms with Gasteiger partial charge in [0.25, 0.3) is 5.91 Å². The summed E-state index contributed by atoms with van der Waals surface area (Å²) in [4.78, 5) is 30.5. The van der Waals surface area contributed by atoms with Crippen LogP contribution in [-0.4, -0.2) is 39.7 Å². The van der Waals surface area contributed by atoms with E-state index in [0.29, 0.717) is 23.6 Å². The number of carbonyl (C=O) groups is 2. The second-order valence-corrected chi connectivity index (χ2v) is 9.77. The zero-order chi connectivity index (χ0) is 32.0. The van der Waals surface area contributed by atoms with Crippen LogP contribution in [0.4, 0.5) is 30.4 Å². The fraction of sp³-hybridized carbons (Fsp3) is 0.0909. The number of para-hydroxylation sites is 2. The Labute approximate surface area is 254 Å². The summed E-state index contributed by atoms with van der Waals surface area (Å²) in [7, 11) is 0. The number of nitrogens with one attached hydrogen (secondary N) is 2. The quantitative estimate of drug-likeness (QED) is 0.148. The number of carboxylic acid groups (broad SMARTS) is 1.